The fourth-order valence-electron chi connectivity index (χ4n) is 5.36. The van der Waals surface area contributed by atoms with Crippen LogP contribution < -0.4 is 27.8 Å². The van der Waals surface area contributed by atoms with Gasteiger partial charge in [0.05, 0.1) is 11.0 Å². The second-order valence-corrected chi connectivity index (χ2v) is 7.86. The van der Waals surface area contributed by atoms with Gasteiger partial charge < -0.3 is 12.4 Å². The van der Waals surface area contributed by atoms with Crippen LogP contribution >= 0.6 is 0 Å². The van der Waals surface area contributed by atoms with Crippen LogP contribution in [0.4, 0.5) is 0 Å². The van der Waals surface area contributed by atoms with Crippen molar-refractivity contribution in [2.75, 3.05) is 0 Å². The Morgan fingerprint density at radius 1 is 1.00 bits per heavy atom. The SMILES string of the molecule is C[n+]1ccc(C(=O)NNC(=O)C23CC4CC(CC(C4)C2)C3)cc1.[Cl-]. The first-order valence-electron chi connectivity index (χ1n) is 8.60. The first-order chi connectivity index (χ1) is 11.0. The maximum atomic E-state index is 12.8. The van der Waals surface area contributed by atoms with Crippen molar-refractivity contribution in [3.63, 3.8) is 0 Å². The van der Waals surface area contributed by atoms with Crippen LogP contribution in [0.1, 0.15) is 48.9 Å². The number of aromatic nitrogens is 1. The topological polar surface area (TPSA) is 62.1 Å². The van der Waals surface area contributed by atoms with Gasteiger partial charge in [0.15, 0.2) is 12.4 Å². The number of halogens is 1. The molecule has 24 heavy (non-hydrogen) atoms. The van der Waals surface area contributed by atoms with Crippen molar-refractivity contribution in [1.29, 1.82) is 0 Å². The lowest BCUT2D eigenvalue weighted by atomic mass is 9.49. The minimum Gasteiger partial charge on any atom is -1.00 e. The van der Waals surface area contributed by atoms with Crippen LogP contribution in [0.15, 0.2) is 24.5 Å². The summed E-state index contributed by atoms with van der Waals surface area (Å²) in [6, 6.07) is 3.48. The molecule has 0 aromatic carbocycles. The zero-order chi connectivity index (χ0) is 16.0. The van der Waals surface area contributed by atoms with Gasteiger partial charge in [-0.15, -0.1) is 0 Å². The lowest BCUT2D eigenvalue weighted by Gasteiger charge is -2.55. The van der Waals surface area contributed by atoms with Crippen LogP contribution in [0, 0.1) is 23.2 Å². The molecule has 5 nitrogen and oxygen atoms in total. The molecule has 1 heterocycles. The number of carbonyl (C=O) groups is 2. The van der Waals surface area contributed by atoms with Crippen LogP contribution in [0.2, 0.25) is 0 Å². The fourth-order valence-corrected chi connectivity index (χ4v) is 5.36. The summed E-state index contributed by atoms with van der Waals surface area (Å²) in [5.74, 6) is 1.92. The average Bonchev–Trinajstić information content (AvgIpc) is 2.51. The molecular formula is C18H24ClN3O2. The number of hydrogen-bond acceptors (Lipinski definition) is 2. The quantitative estimate of drug-likeness (QED) is 0.504. The Balaban J connectivity index is 0.00000169. The number of hydrazine groups is 1. The Morgan fingerprint density at radius 2 is 1.50 bits per heavy atom. The van der Waals surface area contributed by atoms with Crippen molar-refractivity contribution in [3.8, 4) is 0 Å². The highest BCUT2D eigenvalue weighted by Gasteiger charge is 2.54. The van der Waals surface area contributed by atoms with Crippen LogP contribution in [0.3, 0.4) is 0 Å². The number of rotatable bonds is 2. The predicted octanol–water partition coefficient (Wildman–Crippen LogP) is -1.51. The van der Waals surface area contributed by atoms with Gasteiger partial charge in [0.1, 0.15) is 7.05 Å². The second kappa shape index (κ2) is 6.36. The van der Waals surface area contributed by atoms with E-state index >= 15 is 0 Å². The van der Waals surface area contributed by atoms with Crippen molar-refractivity contribution < 1.29 is 26.6 Å². The molecule has 0 aliphatic heterocycles. The number of amides is 2. The highest BCUT2D eigenvalue weighted by molar-refractivity contribution is 5.95. The fraction of sp³-hybridized carbons (Fsp3) is 0.611. The summed E-state index contributed by atoms with van der Waals surface area (Å²) in [6.45, 7) is 0. The molecule has 4 aliphatic carbocycles. The van der Waals surface area contributed by atoms with Gasteiger partial charge in [-0.05, 0) is 56.3 Å². The van der Waals surface area contributed by atoms with Gasteiger partial charge >= 0.3 is 0 Å². The summed E-state index contributed by atoms with van der Waals surface area (Å²) in [5, 5.41) is 0. The summed E-state index contributed by atoms with van der Waals surface area (Å²) in [5.41, 5.74) is 5.62. The van der Waals surface area contributed by atoms with Crippen molar-refractivity contribution in [2.24, 2.45) is 30.2 Å². The first kappa shape index (κ1) is 17.2. The molecular weight excluding hydrogens is 326 g/mol. The minimum absolute atomic E-state index is 0. The number of hydrogen-bond donors (Lipinski definition) is 2. The normalized spacial score (nSPS) is 32.8. The third-order valence-electron chi connectivity index (χ3n) is 6.05. The smallest absolute Gasteiger partial charge is 0.270 e. The zero-order valence-corrected chi connectivity index (χ0v) is 14.7. The number of aryl methyl sites for hydroxylation is 1. The van der Waals surface area contributed by atoms with Gasteiger partial charge in [-0.2, -0.15) is 0 Å². The third kappa shape index (κ3) is 3.02. The number of carbonyl (C=O) groups excluding carboxylic acids is 2. The van der Waals surface area contributed by atoms with E-state index in [1.54, 1.807) is 12.1 Å². The van der Waals surface area contributed by atoms with Gasteiger partial charge in [0.25, 0.3) is 5.91 Å². The highest BCUT2D eigenvalue weighted by Crippen LogP contribution is 2.59. The largest absolute Gasteiger partial charge is 1.00 e. The molecule has 1 aromatic rings. The van der Waals surface area contributed by atoms with E-state index in [0.717, 1.165) is 37.0 Å². The Labute approximate surface area is 148 Å². The van der Waals surface area contributed by atoms with E-state index in [1.165, 1.54) is 19.3 Å². The molecule has 0 unspecified atom stereocenters. The summed E-state index contributed by atoms with van der Waals surface area (Å²) >= 11 is 0. The lowest BCUT2D eigenvalue weighted by molar-refractivity contribution is -0.671. The molecule has 0 saturated heterocycles. The lowest BCUT2D eigenvalue weighted by Crippen LogP contribution is -3.00. The molecule has 130 valence electrons. The monoisotopic (exact) mass is 349 g/mol. The van der Waals surface area contributed by atoms with Crippen molar-refractivity contribution in [2.45, 2.75) is 38.5 Å². The molecule has 0 radical (unpaired) electrons. The summed E-state index contributed by atoms with van der Waals surface area (Å²) in [4.78, 5) is 24.9. The summed E-state index contributed by atoms with van der Waals surface area (Å²) < 4.78 is 1.87. The van der Waals surface area contributed by atoms with Crippen LogP contribution in [0.5, 0.6) is 0 Å². The Kier molecular flexibility index (Phi) is 4.56. The van der Waals surface area contributed by atoms with E-state index in [1.807, 2.05) is 24.0 Å². The second-order valence-electron chi connectivity index (χ2n) is 7.86. The minimum atomic E-state index is -0.260. The molecule has 4 aliphatic rings. The van der Waals surface area contributed by atoms with Crippen LogP contribution in [-0.2, 0) is 11.8 Å². The number of nitrogens with one attached hydrogen (secondary N) is 2. The highest BCUT2D eigenvalue weighted by atomic mass is 35.5. The molecule has 5 rings (SSSR count). The number of pyridine rings is 1. The van der Waals surface area contributed by atoms with E-state index in [-0.39, 0.29) is 29.6 Å². The maximum Gasteiger partial charge on any atom is 0.270 e. The van der Waals surface area contributed by atoms with E-state index < -0.39 is 0 Å². The van der Waals surface area contributed by atoms with Gasteiger partial charge in [0, 0.05) is 12.1 Å². The summed E-state index contributed by atoms with van der Waals surface area (Å²) in [7, 11) is 1.90. The Bertz CT molecular complexity index is 609. The Morgan fingerprint density at radius 3 is 2.00 bits per heavy atom. The zero-order valence-electron chi connectivity index (χ0n) is 13.9. The molecule has 2 N–H and O–H groups in total. The molecule has 6 heteroatoms. The number of nitrogens with zero attached hydrogens (tertiary/aromatic N) is 1. The molecule has 0 atom stereocenters. The maximum absolute atomic E-state index is 12.8. The molecule has 4 bridgehead atoms. The van der Waals surface area contributed by atoms with Crippen LogP contribution in [0.25, 0.3) is 0 Å². The predicted molar refractivity (Wildman–Crippen MR) is 83.8 cm³/mol. The first-order valence-corrected chi connectivity index (χ1v) is 8.60. The molecule has 0 spiro atoms. The Hall–Kier alpha value is -1.62. The third-order valence-corrected chi connectivity index (χ3v) is 6.05. The van der Waals surface area contributed by atoms with Gasteiger partial charge in [-0.3, -0.25) is 20.4 Å². The van der Waals surface area contributed by atoms with Crippen molar-refractivity contribution in [3.05, 3.63) is 30.1 Å². The summed E-state index contributed by atoms with van der Waals surface area (Å²) in [6.07, 6.45) is 10.6. The molecule has 4 saturated carbocycles. The molecule has 4 fully saturated rings. The molecule has 1 aromatic heterocycles. The van der Waals surface area contributed by atoms with E-state index in [0.29, 0.717) is 5.56 Å². The van der Waals surface area contributed by atoms with Crippen molar-refractivity contribution >= 4 is 11.8 Å². The van der Waals surface area contributed by atoms with E-state index in [9.17, 15) is 9.59 Å². The molecule has 2 amide bonds. The van der Waals surface area contributed by atoms with Crippen LogP contribution in [-0.4, -0.2) is 11.8 Å². The van der Waals surface area contributed by atoms with Gasteiger partial charge in [-0.1, -0.05) is 0 Å². The van der Waals surface area contributed by atoms with E-state index in [4.69, 9.17) is 0 Å². The standard InChI is InChI=1S/C18H23N3O2.ClH/c1-21-4-2-15(3-5-21)16(22)19-20-17(23)18-9-12-6-13(10-18)8-14(7-12)11-18;/h2-5,12-14,22H,6-11H2,1H3;1H. The average molecular weight is 350 g/mol. The van der Waals surface area contributed by atoms with Crippen molar-refractivity contribution in [1.82, 2.24) is 10.9 Å². The van der Waals surface area contributed by atoms with Gasteiger partial charge in [0.2, 0.25) is 5.91 Å². The van der Waals surface area contributed by atoms with Gasteiger partial charge in [-0.25, -0.2) is 4.57 Å². The van der Waals surface area contributed by atoms with E-state index in [2.05, 4.69) is 10.9 Å².